The molecule has 0 aromatic heterocycles. The molecule has 0 aliphatic heterocycles. The first-order valence-electron chi connectivity index (χ1n) is 16.2. The van der Waals surface area contributed by atoms with E-state index in [1.165, 1.54) is 0 Å². The van der Waals surface area contributed by atoms with E-state index in [2.05, 4.69) is 0 Å². The monoisotopic (exact) mass is 732 g/mol. The van der Waals surface area contributed by atoms with Gasteiger partial charge in [-0.3, -0.25) is 0 Å². The van der Waals surface area contributed by atoms with Crippen LogP contribution >= 0.6 is 0 Å². The molecule has 0 saturated heterocycles. The fourth-order valence-corrected chi connectivity index (χ4v) is 4.87. The highest BCUT2D eigenvalue weighted by Gasteiger charge is 2.21. The van der Waals surface area contributed by atoms with Gasteiger partial charge in [0.15, 0.2) is 0 Å². The lowest BCUT2D eigenvalue weighted by Crippen LogP contribution is -2.03. The average Bonchev–Trinajstić information content (AvgIpc) is 3.19. The number of hydrogen-bond acceptors (Lipinski definition) is 10. The highest BCUT2D eigenvalue weighted by atomic mass is 16.5. The molecule has 0 bridgehead atoms. The number of benzene rings is 6. The average molecular weight is 733 g/mol. The van der Waals surface area contributed by atoms with Crippen molar-refractivity contribution in [3.63, 3.8) is 0 Å². The largest absolute Gasteiger partial charge is 0.497 e. The van der Waals surface area contributed by atoms with Crippen LogP contribution in [0.5, 0.6) is 69.0 Å². The van der Waals surface area contributed by atoms with Crippen LogP contribution in [0, 0.1) is 0 Å². The third-order valence-electron chi connectivity index (χ3n) is 7.55. The van der Waals surface area contributed by atoms with E-state index < -0.39 is 11.9 Å². The molecule has 12 heteroatoms. The quantitative estimate of drug-likeness (QED) is 0.110. The zero-order chi connectivity index (χ0) is 38.5. The molecule has 6 rings (SSSR count). The molecule has 0 atom stereocenters. The lowest BCUT2D eigenvalue weighted by molar-refractivity contribution is 0.0679. The van der Waals surface area contributed by atoms with E-state index in [1.54, 1.807) is 162 Å². The molecule has 0 saturated carbocycles. The molecular weight excluding hydrogens is 696 g/mol. The molecule has 0 aliphatic carbocycles. The van der Waals surface area contributed by atoms with E-state index in [4.69, 9.17) is 37.9 Å². The summed E-state index contributed by atoms with van der Waals surface area (Å²) in [4.78, 5) is 23.6. The molecule has 54 heavy (non-hydrogen) atoms. The van der Waals surface area contributed by atoms with Crippen molar-refractivity contribution in [2.45, 2.75) is 0 Å². The Hall–Kier alpha value is -7.34. The highest BCUT2D eigenvalue weighted by Crippen LogP contribution is 2.37. The number of carboxylic acids is 2. The Balaban J connectivity index is 0.000000208. The predicted molar refractivity (Wildman–Crippen MR) is 199 cm³/mol. The van der Waals surface area contributed by atoms with Gasteiger partial charge in [0.05, 0.1) is 28.4 Å². The summed E-state index contributed by atoms with van der Waals surface area (Å²) >= 11 is 0. The van der Waals surface area contributed by atoms with Gasteiger partial charge in [0.1, 0.15) is 80.1 Å². The van der Waals surface area contributed by atoms with Crippen molar-refractivity contribution < 1.29 is 57.7 Å². The summed E-state index contributed by atoms with van der Waals surface area (Å²) in [6.45, 7) is 0. The van der Waals surface area contributed by atoms with Crippen molar-refractivity contribution in [3.05, 3.63) is 145 Å². The molecule has 0 aliphatic rings. The molecule has 12 nitrogen and oxygen atoms in total. The molecular formula is C42H36O12. The van der Waals surface area contributed by atoms with Crippen LogP contribution in [0.1, 0.15) is 20.7 Å². The summed E-state index contributed by atoms with van der Waals surface area (Å²) in [5, 5.41) is 19.3. The van der Waals surface area contributed by atoms with Crippen molar-refractivity contribution in [2.24, 2.45) is 0 Å². The maximum atomic E-state index is 11.8. The first-order valence-corrected chi connectivity index (χ1v) is 16.2. The van der Waals surface area contributed by atoms with Crippen LogP contribution in [0.4, 0.5) is 0 Å². The van der Waals surface area contributed by atoms with E-state index in [9.17, 15) is 19.8 Å². The Morgan fingerprint density at radius 3 is 0.685 bits per heavy atom. The second-order valence-electron chi connectivity index (χ2n) is 11.0. The number of carbonyl (C=O) groups is 2. The van der Waals surface area contributed by atoms with Gasteiger partial charge in [0.2, 0.25) is 0 Å². The molecule has 6 aromatic rings. The minimum Gasteiger partial charge on any atom is -0.497 e. The van der Waals surface area contributed by atoms with Gasteiger partial charge in [-0.25, -0.2) is 9.59 Å². The zero-order valence-electron chi connectivity index (χ0n) is 29.7. The minimum atomic E-state index is -1.15. The maximum absolute atomic E-state index is 11.8. The van der Waals surface area contributed by atoms with E-state index >= 15 is 0 Å². The topological polar surface area (TPSA) is 148 Å². The minimum absolute atomic E-state index is 0.0656. The third kappa shape index (κ3) is 9.92. The van der Waals surface area contributed by atoms with Gasteiger partial charge in [0.25, 0.3) is 0 Å². The second-order valence-corrected chi connectivity index (χ2v) is 11.0. The standard InChI is InChI=1S/2C21H18O6/c2*1-24-14-6-10-16(11-7-14)26-18-4-3-5-19(20(18)21(22)23)27-17-12-8-15(25-2)9-13-17/h2*3-13H,1-2H3,(H,22,23). The van der Waals surface area contributed by atoms with Gasteiger partial charge in [-0.15, -0.1) is 0 Å². The van der Waals surface area contributed by atoms with Crippen LogP contribution < -0.4 is 37.9 Å². The van der Waals surface area contributed by atoms with Crippen molar-refractivity contribution in [3.8, 4) is 69.0 Å². The number of carboxylic acid groups (broad SMARTS) is 2. The van der Waals surface area contributed by atoms with Crippen LogP contribution in [-0.4, -0.2) is 50.6 Å². The van der Waals surface area contributed by atoms with Crippen LogP contribution in [0.25, 0.3) is 0 Å². The summed E-state index contributed by atoms with van der Waals surface area (Å²) in [6, 6.07) is 37.1. The molecule has 0 radical (unpaired) electrons. The Kier molecular flexibility index (Phi) is 12.8. The lowest BCUT2D eigenvalue weighted by Gasteiger charge is -2.14. The van der Waals surface area contributed by atoms with E-state index in [-0.39, 0.29) is 34.1 Å². The van der Waals surface area contributed by atoms with Crippen LogP contribution in [0.2, 0.25) is 0 Å². The fourth-order valence-electron chi connectivity index (χ4n) is 4.87. The highest BCUT2D eigenvalue weighted by molar-refractivity contribution is 5.95. The van der Waals surface area contributed by atoms with Crippen LogP contribution in [-0.2, 0) is 0 Å². The smallest absolute Gasteiger partial charge is 0.343 e. The van der Waals surface area contributed by atoms with Gasteiger partial charge < -0.3 is 48.1 Å². The summed E-state index contributed by atoms with van der Waals surface area (Å²) in [6.07, 6.45) is 0. The summed E-state index contributed by atoms with van der Waals surface area (Å²) < 4.78 is 43.4. The Labute approximate surface area is 311 Å². The fraction of sp³-hybridized carbons (Fsp3) is 0.0952. The third-order valence-corrected chi connectivity index (χ3v) is 7.55. The summed E-state index contributed by atoms with van der Waals surface area (Å²) in [5.41, 5.74) is -0.131. The molecule has 276 valence electrons. The van der Waals surface area contributed by atoms with Crippen molar-refractivity contribution in [1.82, 2.24) is 0 Å². The Morgan fingerprint density at radius 1 is 0.333 bits per heavy atom. The van der Waals surface area contributed by atoms with E-state index in [0.717, 1.165) is 0 Å². The Bertz CT molecular complexity index is 1850. The van der Waals surface area contributed by atoms with Gasteiger partial charge in [-0.05, 0) is 121 Å². The van der Waals surface area contributed by atoms with Crippen molar-refractivity contribution in [1.29, 1.82) is 0 Å². The van der Waals surface area contributed by atoms with Crippen LogP contribution in [0.15, 0.2) is 133 Å². The molecule has 2 N–H and O–H groups in total. The number of methoxy groups -OCH3 is 4. The Morgan fingerprint density at radius 2 is 0.519 bits per heavy atom. The molecule has 0 fully saturated rings. The maximum Gasteiger partial charge on any atom is 0.343 e. The van der Waals surface area contributed by atoms with E-state index in [1.807, 2.05) is 0 Å². The normalized spacial score (nSPS) is 10.1. The predicted octanol–water partition coefficient (Wildman–Crippen LogP) is 9.97. The van der Waals surface area contributed by atoms with Gasteiger partial charge in [0, 0.05) is 0 Å². The first kappa shape index (κ1) is 37.9. The SMILES string of the molecule is COc1ccc(Oc2cccc(Oc3ccc(OC)cc3)c2C(=O)O)cc1.COc1ccc(Oc2cccc(Oc3ccc(OC)cc3)c2C(=O)O)cc1. The van der Waals surface area contributed by atoms with Gasteiger partial charge >= 0.3 is 11.9 Å². The van der Waals surface area contributed by atoms with Crippen LogP contribution in [0.3, 0.4) is 0 Å². The van der Waals surface area contributed by atoms with Crippen molar-refractivity contribution >= 4 is 11.9 Å². The number of hydrogen-bond donors (Lipinski definition) is 2. The molecule has 0 heterocycles. The number of rotatable bonds is 14. The zero-order valence-corrected chi connectivity index (χ0v) is 29.7. The van der Waals surface area contributed by atoms with E-state index in [0.29, 0.717) is 46.0 Å². The molecule has 0 unspecified atom stereocenters. The summed E-state index contributed by atoms with van der Waals surface area (Å²) in [7, 11) is 6.27. The number of aromatic carboxylic acids is 2. The number of ether oxygens (including phenoxy) is 8. The second kappa shape index (κ2) is 18.2. The molecule has 6 aromatic carbocycles. The van der Waals surface area contributed by atoms with Gasteiger partial charge in [-0.2, -0.15) is 0 Å². The molecule has 0 amide bonds. The molecule has 0 spiro atoms. The summed E-state index contributed by atoms with van der Waals surface area (Å²) in [5.74, 6) is 3.07. The van der Waals surface area contributed by atoms with Crippen molar-refractivity contribution in [2.75, 3.05) is 28.4 Å². The lowest BCUT2D eigenvalue weighted by atomic mass is 10.1. The van der Waals surface area contributed by atoms with Gasteiger partial charge in [-0.1, -0.05) is 12.1 Å². The first-order chi connectivity index (χ1) is 26.2.